The minimum absolute atomic E-state index is 0.0329. The molecule has 6 heteroatoms. The Kier molecular flexibility index (Phi) is 4.88. The van der Waals surface area contributed by atoms with E-state index in [0.717, 1.165) is 30.6 Å². The van der Waals surface area contributed by atoms with Gasteiger partial charge in [-0.05, 0) is 38.3 Å². The lowest BCUT2D eigenvalue weighted by molar-refractivity contribution is 0.0913. The number of hydrogen-bond donors (Lipinski definition) is 2. The van der Waals surface area contributed by atoms with Gasteiger partial charge in [0.2, 0.25) is 10.0 Å². The van der Waals surface area contributed by atoms with Gasteiger partial charge in [-0.3, -0.25) is 4.72 Å². The van der Waals surface area contributed by atoms with Crippen LogP contribution in [0.1, 0.15) is 25.8 Å². The summed E-state index contributed by atoms with van der Waals surface area (Å²) in [5.41, 5.74) is 2.70. The molecule has 5 nitrogen and oxygen atoms in total. The number of aryl methyl sites for hydroxylation is 1. The summed E-state index contributed by atoms with van der Waals surface area (Å²) in [5.74, 6) is -0.0329. The van der Waals surface area contributed by atoms with Gasteiger partial charge in [-0.25, -0.2) is 8.42 Å². The predicted molar refractivity (Wildman–Crippen MR) is 81.8 cm³/mol. The van der Waals surface area contributed by atoms with Crippen molar-refractivity contribution in [3.05, 3.63) is 23.8 Å². The van der Waals surface area contributed by atoms with Crippen molar-refractivity contribution < 1.29 is 13.2 Å². The summed E-state index contributed by atoms with van der Waals surface area (Å²) in [5, 5.41) is 3.27. The molecule has 1 aromatic rings. The lowest BCUT2D eigenvalue weighted by Crippen LogP contribution is -2.23. The van der Waals surface area contributed by atoms with Gasteiger partial charge in [-0.2, -0.15) is 0 Å². The third-order valence-corrected chi connectivity index (χ3v) is 4.38. The minimum atomic E-state index is -3.38. The normalized spacial score (nSPS) is 14.8. The maximum Gasteiger partial charge on any atom is 0.235 e. The Morgan fingerprint density at radius 2 is 2.20 bits per heavy atom. The average molecular weight is 298 g/mol. The Morgan fingerprint density at radius 3 is 2.95 bits per heavy atom. The lowest BCUT2D eigenvalue weighted by Gasteiger charge is -2.21. The molecule has 1 aromatic carbocycles. The smallest absolute Gasteiger partial charge is 0.235 e. The van der Waals surface area contributed by atoms with E-state index in [9.17, 15) is 8.42 Å². The quantitative estimate of drug-likeness (QED) is 0.845. The molecule has 0 aromatic heterocycles. The molecule has 20 heavy (non-hydrogen) atoms. The van der Waals surface area contributed by atoms with E-state index in [1.54, 1.807) is 6.07 Å². The van der Waals surface area contributed by atoms with E-state index >= 15 is 0 Å². The van der Waals surface area contributed by atoms with Crippen molar-refractivity contribution in [2.75, 3.05) is 28.9 Å². The van der Waals surface area contributed by atoms with Gasteiger partial charge in [0.1, 0.15) is 0 Å². The van der Waals surface area contributed by atoms with Crippen molar-refractivity contribution in [2.24, 2.45) is 0 Å². The van der Waals surface area contributed by atoms with Gasteiger partial charge in [0.15, 0.2) is 0 Å². The molecule has 0 radical (unpaired) electrons. The molecule has 0 fully saturated rings. The van der Waals surface area contributed by atoms with E-state index in [2.05, 4.69) is 10.0 Å². The summed E-state index contributed by atoms with van der Waals surface area (Å²) in [4.78, 5) is 0. The van der Waals surface area contributed by atoms with Crippen LogP contribution in [-0.2, 0) is 21.2 Å². The highest BCUT2D eigenvalue weighted by Crippen LogP contribution is 2.30. The lowest BCUT2D eigenvalue weighted by atomic mass is 10.0. The van der Waals surface area contributed by atoms with Crippen molar-refractivity contribution in [1.82, 2.24) is 0 Å². The Hall–Kier alpha value is -1.27. The molecular formula is C14H22N2O3S. The number of ether oxygens (including phenoxy) is 1. The molecular weight excluding hydrogens is 276 g/mol. The standard InChI is InChI=1S/C14H22N2O3S/c1-11(2)19-9-10-20(17,18)16-13-7-3-5-12-6-4-8-15-14(12)13/h3,5,7,11,15-16H,4,6,8-10H2,1-2H3. The van der Waals surface area contributed by atoms with Gasteiger partial charge in [-0.1, -0.05) is 12.1 Å². The Labute approximate surface area is 120 Å². The fourth-order valence-corrected chi connectivity index (χ4v) is 3.13. The van der Waals surface area contributed by atoms with Crippen LogP contribution < -0.4 is 10.0 Å². The van der Waals surface area contributed by atoms with Gasteiger partial charge >= 0.3 is 0 Å². The molecule has 2 N–H and O–H groups in total. The van der Waals surface area contributed by atoms with E-state index < -0.39 is 10.0 Å². The van der Waals surface area contributed by atoms with Crippen molar-refractivity contribution in [3.8, 4) is 0 Å². The van der Waals surface area contributed by atoms with Crippen LogP contribution in [0.5, 0.6) is 0 Å². The van der Waals surface area contributed by atoms with Crippen LogP contribution in [0.25, 0.3) is 0 Å². The average Bonchev–Trinajstić information content (AvgIpc) is 2.38. The molecule has 0 bridgehead atoms. The molecule has 1 heterocycles. The van der Waals surface area contributed by atoms with Crippen LogP contribution in [0.2, 0.25) is 0 Å². The highest BCUT2D eigenvalue weighted by molar-refractivity contribution is 7.92. The Balaban J connectivity index is 2.05. The van der Waals surface area contributed by atoms with Crippen molar-refractivity contribution in [1.29, 1.82) is 0 Å². The van der Waals surface area contributed by atoms with Crippen LogP contribution in [0.4, 0.5) is 11.4 Å². The zero-order chi connectivity index (χ0) is 14.6. The molecule has 0 atom stereocenters. The number of para-hydroxylation sites is 1. The number of hydrogen-bond acceptors (Lipinski definition) is 4. The maximum atomic E-state index is 12.0. The van der Waals surface area contributed by atoms with Gasteiger partial charge in [0, 0.05) is 6.54 Å². The summed E-state index contributed by atoms with van der Waals surface area (Å²) in [6, 6.07) is 5.70. The van der Waals surface area contributed by atoms with E-state index in [-0.39, 0.29) is 18.5 Å². The van der Waals surface area contributed by atoms with Gasteiger partial charge < -0.3 is 10.1 Å². The Morgan fingerprint density at radius 1 is 1.40 bits per heavy atom. The van der Waals surface area contributed by atoms with Crippen LogP contribution >= 0.6 is 0 Å². The third-order valence-electron chi connectivity index (χ3n) is 3.14. The van der Waals surface area contributed by atoms with Crippen molar-refractivity contribution in [3.63, 3.8) is 0 Å². The number of benzene rings is 1. The van der Waals surface area contributed by atoms with Crippen LogP contribution in [0.3, 0.4) is 0 Å². The van der Waals surface area contributed by atoms with Crippen LogP contribution in [0, 0.1) is 0 Å². The molecule has 2 rings (SSSR count). The highest BCUT2D eigenvalue weighted by Gasteiger charge is 2.17. The molecule has 1 aliphatic heterocycles. The highest BCUT2D eigenvalue weighted by atomic mass is 32.2. The number of anilines is 2. The molecule has 1 aliphatic rings. The number of rotatable bonds is 6. The van der Waals surface area contributed by atoms with E-state index in [1.807, 2.05) is 26.0 Å². The predicted octanol–water partition coefficient (Wildman–Crippen LogP) is 2.21. The van der Waals surface area contributed by atoms with Gasteiger partial charge in [0.25, 0.3) is 0 Å². The van der Waals surface area contributed by atoms with E-state index in [0.29, 0.717) is 5.69 Å². The number of fused-ring (bicyclic) bond motifs is 1. The summed E-state index contributed by atoms with van der Waals surface area (Å²) in [6.07, 6.45) is 2.09. The molecule has 0 saturated carbocycles. The summed E-state index contributed by atoms with van der Waals surface area (Å²) >= 11 is 0. The van der Waals surface area contributed by atoms with Crippen LogP contribution in [-0.4, -0.2) is 33.4 Å². The number of sulfonamides is 1. The maximum absolute atomic E-state index is 12.0. The molecule has 0 unspecified atom stereocenters. The second-order valence-electron chi connectivity index (χ2n) is 5.21. The molecule has 112 valence electrons. The molecule has 0 amide bonds. The first-order valence-electron chi connectivity index (χ1n) is 6.96. The van der Waals surface area contributed by atoms with Gasteiger partial charge in [-0.15, -0.1) is 0 Å². The molecule has 0 spiro atoms. The summed E-state index contributed by atoms with van der Waals surface area (Å²) in [6.45, 7) is 4.85. The first kappa shape index (κ1) is 15.1. The minimum Gasteiger partial charge on any atom is -0.383 e. The third kappa shape index (κ3) is 4.11. The van der Waals surface area contributed by atoms with E-state index in [4.69, 9.17) is 4.74 Å². The van der Waals surface area contributed by atoms with E-state index in [1.165, 1.54) is 0 Å². The summed E-state index contributed by atoms with van der Waals surface area (Å²) < 4.78 is 32.0. The van der Waals surface area contributed by atoms with Crippen molar-refractivity contribution >= 4 is 21.4 Å². The zero-order valence-corrected chi connectivity index (χ0v) is 12.8. The zero-order valence-electron chi connectivity index (χ0n) is 12.0. The fourth-order valence-electron chi connectivity index (χ4n) is 2.21. The van der Waals surface area contributed by atoms with Crippen LogP contribution in [0.15, 0.2) is 18.2 Å². The fraction of sp³-hybridized carbons (Fsp3) is 0.571. The second-order valence-corrected chi connectivity index (χ2v) is 7.05. The van der Waals surface area contributed by atoms with Gasteiger partial charge in [0.05, 0.1) is 29.8 Å². The van der Waals surface area contributed by atoms with Crippen molar-refractivity contribution in [2.45, 2.75) is 32.8 Å². The first-order valence-corrected chi connectivity index (χ1v) is 8.61. The molecule has 0 aliphatic carbocycles. The second kappa shape index (κ2) is 6.45. The largest absolute Gasteiger partial charge is 0.383 e. The monoisotopic (exact) mass is 298 g/mol. The molecule has 0 saturated heterocycles. The first-order chi connectivity index (χ1) is 9.48. The Bertz CT molecular complexity index is 556. The topological polar surface area (TPSA) is 67.4 Å². The SMILES string of the molecule is CC(C)OCCS(=O)(=O)Nc1cccc2c1NCCC2. The number of nitrogens with one attached hydrogen (secondary N) is 2. The summed E-state index contributed by atoms with van der Waals surface area (Å²) in [7, 11) is -3.38.